The Morgan fingerprint density at radius 3 is 2.33 bits per heavy atom. The number of nitrogens with zero attached hydrogens (tertiary/aromatic N) is 2. The van der Waals surface area contributed by atoms with E-state index < -0.39 is 0 Å². The fraction of sp³-hybridized carbons (Fsp3) is 0. The highest BCUT2D eigenvalue weighted by Crippen LogP contribution is 2.10. The van der Waals surface area contributed by atoms with Crippen molar-refractivity contribution in [2.45, 2.75) is 0 Å². The fourth-order valence-corrected chi connectivity index (χ4v) is 1.54. The normalized spacial score (nSPS) is 10.8. The fourth-order valence-electron chi connectivity index (χ4n) is 1.37. The number of hydrogen-bond donors (Lipinski definition) is 1. The molecule has 88 valence electrons. The highest BCUT2D eigenvalue weighted by Gasteiger charge is 1.98. The van der Waals surface area contributed by atoms with Gasteiger partial charge in [-0.1, -0.05) is 41.9 Å². The zero-order valence-corrected chi connectivity index (χ0v) is 10.2. The van der Waals surface area contributed by atoms with Gasteiger partial charge in [0, 0.05) is 5.56 Å². The van der Waals surface area contributed by atoms with E-state index in [0.29, 0.717) is 10.7 Å². The molecule has 1 N–H and O–H groups in total. The van der Waals surface area contributed by atoms with E-state index in [1.807, 2.05) is 30.3 Å². The van der Waals surface area contributed by atoms with Crippen molar-refractivity contribution in [1.82, 2.24) is 0 Å². The van der Waals surface area contributed by atoms with Gasteiger partial charge in [-0.3, -0.25) is 5.43 Å². The van der Waals surface area contributed by atoms with Gasteiger partial charge in [0.05, 0.1) is 17.3 Å². The first-order valence-electron chi connectivity index (χ1n) is 5.34. The van der Waals surface area contributed by atoms with Gasteiger partial charge in [-0.2, -0.15) is 10.4 Å². The van der Waals surface area contributed by atoms with Crippen LogP contribution in [-0.4, -0.2) is 5.17 Å². The van der Waals surface area contributed by atoms with Gasteiger partial charge in [0.25, 0.3) is 0 Å². The minimum atomic E-state index is 0.389. The first-order chi connectivity index (χ1) is 8.79. The molecule has 0 saturated heterocycles. The molecule has 2 aromatic rings. The SMILES string of the molecule is N#Cc1ccc(NN=C(Cl)c2ccccc2)cc1. The molecule has 0 spiro atoms. The van der Waals surface area contributed by atoms with Gasteiger partial charge < -0.3 is 0 Å². The van der Waals surface area contributed by atoms with E-state index >= 15 is 0 Å². The van der Waals surface area contributed by atoms with Crippen LogP contribution in [0.4, 0.5) is 5.69 Å². The van der Waals surface area contributed by atoms with Crippen molar-refractivity contribution in [3.05, 3.63) is 65.7 Å². The third-order valence-corrected chi connectivity index (χ3v) is 2.61. The lowest BCUT2D eigenvalue weighted by Crippen LogP contribution is -1.96. The lowest BCUT2D eigenvalue weighted by atomic mass is 10.2. The third-order valence-electron chi connectivity index (χ3n) is 2.31. The number of rotatable bonds is 3. The van der Waals surface area contributed by atoms with Gasteiger partial charge in [-0.05, 0) is 24.3 Å². The van der Waals surface area contributed by atoms with E-state index in [2.05, 4.69) is 16.6 Å². The Morgan fingerprint density at radius 2 is 1.72 bits per heavy atom. The van der Waals surface area contributed by atoms with Crippen molar-refractivity contribution in [2.24, 2.45) is 5.10 Å². The molecule has 0 amide bonds. The summed E-state index contributed by atoms with van der Waals surface area (Å²) in [6.07, 6.45) is 0. The molecule has 18 heavy (non-hydrogen) atoms. The molecule has 0 unspecified atom stereocenters. The maximum absolute atomic E-state index is 8.68. The lowest BCUT2D eigenvalue weighted by Gasteiger charge is -2.02. The predicted octanol–water partition coefficient (Wildman–Crippen LogP) is 3.57. The second kappa shape index (κ2) is 5.85. The van der Waals surface area contributed by atoms with Crippen LogP contribution in [0.25, 0.3) is 0 Å². The summed E-state index contributed by atoms with van der Waals surface area (Å²) in [5.41, 5.74) is 5.08. The van der Waals surface area contributed by atoms with Gasteiger partial charge in [-0.15, -0.1) is 0 Å². The van der Waals surface area contributed by atoms with Gasteiger partial charge in [-0.25, -0.2) is 0 Å². The molecular formula is C14H10ClN3. The average Bonchev–Trinajstić information content (AvgIpc) is 2.46. The Kier molecular flexibility index (Phi) is 3.95. The van der Waals surface area contributed by atoms with E-state index in [1.165, 1.54) is 0 Å². The van der Waals surface area contributed by atoms with Gasteiger partial charge in [0.1, 0.15) is 0 Å². The standard InChI is InChI=1S/C14H10ClN3/c15-14(12-4-2-1-3-5-12)18-17-13-8-6-11(10-16)7-9-13/h1-9,17H. The van der Waals surface area contributed by atoms with E-state index in [1.54, 1.807) is 24.3 Å². The Balaban J connectivity index is 2.08. The number of hydrazone groups is 1. The molecule has 0 radical (unpaired) electrons. The summed E-state index contributed by atoms with van der Waals surface area (Å²) in [5.74, 6) is 0. The molecule has 0 heterocycles. The van der Waals surface area contributed by atoms with Crippen LogP contribution in [0, 0.1) is 11.3 Å². The number of benzene rings is 2. The maximum Gasteiger partial charge on any atom is 0.156 e. The summed E-state index contributed by atoms with van der Waals surface area (Å²) in [6, 6.07) is 18.5. The summed E-state index contributed by atoms with van der Waals surface area (Å²) in [6.45, 7) is 0. The third kappa shape index (κ3) is 3.09. The molecule has 0 saturated carbocycles. The molecule has 0 aliphatic heterocycles. The molecule has 2 rings (SSSR count). The highest BCUT2D eigenvalue weighted by atomic mass is 35.5. The Bertz CT molecular complexity index is 583. The van der Waals surface area contributed by atoms with Crippen LogP contribution < -0.4 is 5.43 Å². The molecule has 3 nitrogen and oxygen atoms in total. The van der Waals surface area contributed by atoms with E-state index in [4.69, 9.17) is 16.9 Å². The van der Waals surface area contributed by atoms with Crippen LogP contribution in [0.1, 0.15) is 11.1 Å². The largest absolute Gasteiger partial charge is 0.277 e. The van der Waals surface area contributed by atoms with Crippen molar-refractivity contribution in [3.63, 3.8) is 0 Å². The maximum atomic E-state index is 8.68. The topological polar surface area (TPSA) is 48.2 Å². The number of nitriles is 1. The summed E-state index contributed by atoms with van der Waals surface area (Å²) < 4.78 is 0. The minimum absolute atomic E-state index is 0.389. The van der Waals surface area contributed by atoms with Crippen molar-refractivity contribution < 1.29 is 0 Å². The molecule has 4 heteroatoms. The zero-order valence-electron chi connectivity index (χ0n) is 9.47. The first-order valence-corrected chi connectivity index (χ1v) is 5.72. The summed E-state index contributed by atoms with van der Waals surface area (Å²) in [7, 11) is 0. The van der Waals surface area contributed by atoms with Crippen LogP contribution in [0.15, 0.2) is 59.7 Å². The van der Waals surface area contributed by atoms with Crippen molar-refractivity contribution in [3.8, 4) is 6.07 Å². The molecule has 0 aromatic heterocycles. The molecule has 0 aliphatic carbocycles. The monoisotopic (exact) mass is 255 g/mol. The quantitative estimate of drug-likeness (QED) is 0.673. The van der Waals surface area contributed by atoms with Crippen molar-refractivity contribution >= 4 is 22.5 Å². The van der Waals surface area contributed by atoms with Crippen LogP contribution >= 0.6 is 11.6 Å². The van der Waals surface area contributed by atoms with Crippen LogP contribution in [0.3, 0.4) is 0 Å². The van der Waals surface area contributed by atoms with E-state index in [0.717, 1.165) is 11.3 Å². The van der Waals surface area contributed by atoms with Crippen molar-refractivity contribution in [1.29, 1.82) is 5.26 Å². The molecule has 0 fully saturated rings. The molecule has 0 atom stereocenters. The van der Waals surface area contributed by atoms with E-state index in [-0.39, 0.29) is 0 Å². The van der Waals surface area contributed by atoms with E-state index in [9.17, 15) is 0 Å². The second-order valence-corrected chi connectivity index (χ2v) is 3.93. The Labute approximate surface area is 110 Å². The van der Waals surface area contributed by atoms with Gasteiger partial charge in [0.15, 0.2) is 5.17 Å². The first kappa shape index (κ1) is 12.2. The number of nitrogens with one attached hydrogen (secondary N) is 1. The van der Waals surface area contributed by atoms with Crippen LogP contribution in [-0.2, 0) is 0 Å². The van der Waals surface area contributed by atoms with Gasteiger partial charge in [0.2, 0.25) is 0 Å². The second-order valence-electron chi connectivity index (χ2n) is 3.57. The average molecular weight is 256 g/mol. The molecular weight excluding hydrogens is 246 g/mol. The lowest BCUT2D eigenvalue weighted by molar-refractivity contribution is 1.34. The Hall–Kier alpha value is -2.31. The smallest absolute Gasteiger partial charge is 0.156 e. The van der Waals surface area contributed by atoms with Crippen LogP contribution in [0.5, 0.6) is 0 Å². The van der Waals surface area contributed by atoms with Crippen molar-refractivity contribution in [2.75, 3.05) is 5.43 Å². The molecule has 0 aliphatic rings. The molecule has 2 aromatic carbocycles. The zero-order chi connectivity index (χ0) is 12.8. The number of halogens is 1. The highest BCUT2D eigenvalue weighted by molar-refractivity contribution is 6.69. The minimum Gasteiger partial charge on any atom is -0.277 e. The molecule has 0 bridgehead atoms. The number of anilines is 1. The summed E-state index contributed by atoms with van der Waals surface area (Å²) >= 11 is 6.05. The Morgan fingerprint density at radius 1 is 1.06 bits per heavy atom. The predicted molar refractivity (Wildman–Crippen MR) is 73.6 cm³/mol. The summed E-state index contributed by atoms with van der Waals surface area (Å²) in [5, 5.41) is 13.1. The van der Waals surface area contributed by atoms with Crippen LogP contribution in [0.2, 0.25) is 0 Å². The number of hydrogen-bond acceptors (Lipinski definition) is 3. The van der Waals surface area contributed by atoms with Gasteiger partial charge >= 0.3 is 0 Å². The summed E-state index contributed by atoms with van der Waals surface area (Å²) in [4.78, 5) is 0.